The van der Waals surface area contributed by atoms with Crippen LogP contribution in [0.2, 0.25) is 5.02 Å². The summed E-state index contributed by atoms with van der Waals surface area (Å²) in [6.45, 7) is 0.148. The predicted molar refractivity (Wildman–Crippen MR) is 92.9 cm³/mol. The summed E-state index contributed by atoms with van der Waals surface area (Å²) in [5, 5.41) is 9.51. The van der Waals surface area contributed by atoms with E-state index in [1.54, 1.807) is 18.2 Å². The maximum atomic E-state index is 12.7. The van der Waals surface area contributed by atoms with Crippen molar-refractivity contribution in [3.05, 3.63) is 33.3 Å². The quantitative estimate of drug-likeness (QED) is 0.576. The first-order chi connectivity index (χ1) is 10.8. The number of hydrogen-bond acceptors (Lipinski definition) is 5. The first-order valence-corrected chi connectivity index (χ1v) is 9.70. The molecule has 0 fully saturated rings. The second-order valence-electron chi connectivity index (χ2n) is 4.83. The molecule has 0 radical (unpaired) electrons. The van der Waals surface area contributed by atoms with Crippen LogP contribution in [0.4, 0.5) is 0 Å². The third-order valence-electron chi connectivity index (χ3n) is 3.19. The van der Waals surface area contributed by atoms with Gasteiger partial charge in [0.1, 0.15) is 0 Å². The van der Waals surface area contributed by atoms with Crippen LogP contribution in [0, 0.1) is 0 Å². The molecule has 0 bridgehead atoms. The maximum absolute atomic E-state index is 12.7. The molecule has 1 aromatic rings. The molecule has 0 saturated heterocycles. The first kappa shape index (κ1) is 20.8. The number of hydrogen-bond donors (Lipinski definition) is 1. The van der Waals surface area contributed by atoms with Gasteiger partial charge in [-0.1, -0.05) is 33.6 Å². The van der Waals surface area contributed by atoms with Crippen molar-refractivity contribution >= 4 is 37.6 Å². The van der Waals surface area contributed by atoms with E-state index in [4.69, 9.17) is 26.2 Å². The second-order valence-corrected chi connectivity index (χ2v) is 8.09. The molecule has 9 heteroatoms. The van der Waals surface area contributed by atoms with E-state index in [0.29, 0.717) is 21.5 Å². The smallest absolute Gasteiger partial charge is 0.218 e. The number of ether oxygens (including phenoxy) is 2. The number of nitrogens with zero attached hydrogens (tertiary/aromatic N) is 1. The Bertz CT molecular complexity index is 595. The zero-order chi connectivity index (χ0) is 17.5. The van der Waals surface area contributed by atoms with Crippen molar-refractivity contribution < 1.29 is 23.0 Å². The van der Waals surface area contributed by atoms with Gasteiger partial charge in [-0.05, 0) is 24.1 Å². The Labute approximate surface area is 150 Å². The lowest BCUT2D eigenvalue weighted by atomic mass is 10.2. The molecule has 1 aromatic carbocycles. The van der Waals surface area contributed by atoms with E-state index in [1.165, 1.54) is 18.5 Å². The van der Waals surface area contributed by atoms with E-state index in [-0.39, 0.29) is 25.4 Å². The highest BCUT2D eigenvalue weighted by molar-refractivity contribution is 9.10. The Morgan fingerprint density at radius 3 is 2.52 bits per heavy atom. The van der Waals surface area contributed by atoms with Crippen LogP contribution < -0.4 is 0 Å². The molecule has 0 amide bonds. The van der Waals surface area contributed by atoms with Gasteiger partial charge in [-0.15, -0.1) is 0 Å². The van der Waals surface area contributed by atoms with Gasteiger partial charge in [0.05, 0.1) is 12.3 Å². The Kier molecular flexibility index (Phi) is 8.99. The van der Waals surface area contributed by atoms with Crippen LogP contribution in [-0.2, 0) is 25.2 Å². The van der Waals surface area contributed by atoms with E-state index >= 15 is 0 Å². The highest BCUT2D eigenvalue weighted by Gasteiger charge is 2.26. The highest BCUT2D eigenvalue weighted by atomic mass is 79.9. The normalized spacial score (nSPS) is 12.3. The summed E-state index contributed by atoms with van der Waals surface area (Å²) in [5.74, 6) is -0.184. The van der Waals surface area contributed by atoms with Crippen molar-refractivity contribution in [2.75, 3.05) is 33.9 Å². The van der Waals surface area contributed by atoms with Gasteiger partial charge in [0.15, 0.2) is 6.29 Å². The zero-order valence-electron chi connectivity index (χ0n) is 13.0. The van der Waals surface area contributed by atoms with Crippen LogP contribution in [-0.4, -0.2) is 58.0 Å². The van der Waals surface area contributed by atoms with Crippen LogP contribution in [0.1, 0.15) is 12.0 Å². The Balaban J connectivity index is 2.96. The lowest BCUT2D eigenvalue weighted by Gasteiger charge is -2.25. The fourth-order valence-corrected chi connectivity index (χ4v) is 4.52. The summed E-state index contributed by atoms with van der Waals surface area (Å²) in [4.78, 5) is 0. The summed E-state index contributed by atoms with van der Waals surface area (Å²) < 4.78 is 37.4. The number of benzene rings is 1. The molecule has 6 nitrogen and oxygen atoms in total. The SMILES string of the molecule is COC(CN(CCCO)S(=O)(=O)Cc1ccc(Cl)cc1Br)OC. The molecule has 132 valence electrons. The van der Waals surface area contributed by atoms with E-state index in [1.807, 2.05) is 0 Å². The highest BCUT2D eigenvalue weighted by Crippen LogP contribution is 2.24. The molecule has 0 aliphatic heterocycles. The fourth-order valence-electron chi connectivity index (χ4n) is 1.93. The summed E-state index contributed by atoms with van der Waals surface area (Å²) in [5.41, 5.74) is 0.606. The number of methoxy groups -OCH3 is 2. The van der Waals surface area contributed by atoms with Crippen LogP contribution in [0.15, 0.2) is 22.7 Å². The number of rotatable bonds is 10. The largest absolute Gasteiger partial charge is 0.396 e. The van der Waals surface area contributed by atoms with Gasteiger partial charge < -0.3 is 14.6 Å². The van der Waals surface area contributed by atoms with Gasteiger partial charge in [-0.3, -0.25) is 0 Å². The molecular formula is C14H21BrClNO5S. The molecule has 0 aliphatic rings. The van der Waals surface area contributed by atoms with Gasteiger partial charge in [0.2, 0.25) is 10.0 Å². The number of sulfonamides is 1. The average molecular weight is 431 g/mol. The van der Waals surface area contributed by atoms with Crippen LogP contribution in [0.3, 0.4) is 0 Å². The molecule has 0 spiro atoms. The van der Waals surface area contributed by atoms with Gasteiger partial charge in [0.25, 0.3) is 0 Å². The summed E-state index contributed by atoms with van der Waals surface area (Å²) >= 11 is 9.20. The number of aliphatic hydroxyl groups excluding tert-OH is 1. The fraction of sp³-hybridized carbons (Fsp3) is 0.571. The molecule has 1 rings (SSSR count). The molecular weight excluding hydrogens is 410 g/mol. The monoisotopic (exact) mass is 429 g/mol. The standard InChI is InChI=1S/C14H21BrClNO5S/c1-21-14(22-2)9-17(6-3-7-18)23(19,20)10-11-4-5-12(16)8-13(11)15/h4-5,8,14,18H,3,6-7,9-10H2,1-2H3. The van der Waals surface area contributed by atoms with E-state index in [2.05, 4.69) is 15.9 Å². The third kappa shape index (κ3) is 6.66. The molecule has 0 aromatic heterocycles. The van der Waals surface area contributed by atoms with Crippen LogP contribution in [0.25, 0.3) is 0 Å². The molecule has 0 unspecified atom stereocenters. The lowest BCUT2D eigenvalue weighted by Crippen LogP contribution is -2.40. The summed E-state index contributed by atoms with van der Waals surface area (Å²) in [6.07, 6.45) is -0.335. The lowest BCUT2D eigenvalue weighted by molar-refractivity contribution is -0.108. The van der Waals surface area contributed by atoms with Crippen molar-refractivity contribution in [1.82, 2.24) is 4.31 Å². The van der Waals surface area contributed by atoms with Gasteiger partial charge >= 0.3 is 0 Å². The first-order valence-electron chi connectivity index (χ1n) is 6.92. The summed E-state index contributed by atoms with van der Waals surface area (Å²) in [6, 6.07) is 4.96. The molecule has 0 atom stereocenters. The zero-order valence-corrected chi connectivity index (χ0v) is 16.2. The topological polar surface area (TPSA) is 76.1 Å². The van der Waals surface area contributed by atoms with Crippen molar-refractivity contribution in [2.24, 2.45) is 0 Å². The maximum Gasteiger partial charge on any atom is 0.218 e. The van der Waals surface area contributed by atoms with Crippen LogP contribution >= 0.6 is 27.5 Å². The van der Waals surface area contributed by atoms with E-state index in [0.717, 1.165) is 0 Å². The summed E-state index contributed by atoms with van der Waals surface area (Å²) in [7, 11) is -0.719. The van der Waals surface area contributed by atoms with Gasteiger partial charge in [-0.2, -0.15) is 4.31 Å². The predicted octanol–water partition coefficient (Wildman–Crippen LogP) is 2.24. The number of halogens is 2. The second kappa shape index (κ2) is 9.93. The van der Waals surface area contributed by atoms with Gasteiger partial charge in [0, 0.05) is 36.9 Å². The molecule has 0 saturated carbocycles. The molecule has 0 heterocycles. The molecule has 0 aliphatic carbocycles. The molecule has 1 N–H and O–H groups in total. The van der Waals surface area contributed by atoms with E-state index < -0.39 is 16.3 Å². The van der Waals surface area contributed by atoms with Crippen molar-refractivity contribution in [2.45, 2.75) is 18.5 Å². The Morgan fingerprint density at radius 1 is 1.35 bits per heavy atom. The number of aliphatic hydroxyl groups is 1. The van der Waals surface area contributed by atoms with Crippen LogP contribution in [0.5, 0.6) is 0 Å². The van der Waals surface area contributed by atoms with E-state index in [9.17, 15) is 8.42 Å². The minimum absolute atomic E-state index is 0.0561. The molecule has 23 heavy (non-hydrogen) atoms. The Morgan fingerprint density at radius 2 is 2.00 bits per heavy atom. The van der Waals surface area contributed by atoms with Crippen molar-refractivity contribution in [1.29, 1.82) is 0 Å². The average Bonchev–Trinajstić information content (AvgIpc) is 2.50. The van der Waals surface area contributed by atoms with Crippen molar-refractivity contribution in [3.63, 3.8) is 0 Å². The van der Waals surface area contributed by atoms with Crippen molar-refractivity contribution in [3.8, 4) is 0 Å². The third-order valence-corrected chi connectivity index (χ3v) is 5.96. The minimum Gasteiger partial charge on any atom is -0.396 e. The Hall–Kier alpha value is -0.220. The minimum atomic E-state index is -3.61. The van der Waals surface area contributed by atoms with Gasteiger partial charge in [-0.25, -0.2) is 8.42 Å².